The molecule has 2 heteroatoms. The molecule has 0 atom stereocenters. The van der Waals surface area contributed by atoms with Crippen LogP contribution in [0.2, 0.25) is 0 Å². The van der Waals surface area contributed by atoms with Gasteiger partial charge in [0, 0.05) is 12.0 Å². The average molecular weight is 181 g/mol. The second-order valence-electron chi connectivity index (χ2n) is 3.70. The van der Waals surface area contributed by atoms with E-state index in [0.29, 0.717) is 5.41 Å². The van der Waals surface area contributed by atoms with Crippen molar-refractivity contribution in [3.63, 3.8) is 0 Å². The van der Waals surface area contributed by atoms with E-state index in [1.807, 2.05) is 0 Å². The highest BCUT2D eigenvalue weighted by atomic mass is 32.1. The van der Waals surface area contributed by atoms with Gasteiger partial charge in [0.2, 0.25) is 0 Å². The molecule has 1 aliphatic rings. The monoisotopic (exact) mass is 181 g/mol. The Labute approximate surface area is 77.6 Å². The first-order valence-corrected chi connectivity index (χ1v) is 5.54. The summed E-state index contributed by atoms with van der Waals surface area (Å²) in [5.74, 6) is 0. The third kappa shape index (κ3) is 1.19. The Morgan fingerprint density at radius 2 is 2.17 bits per heavy atom. The Kier molecular flexibility index (Phi) is 2.20. The lowest BCUT2D eigenvalue weighted by Crippen LogP contribution is -2.31. The zero-order chi connectivity index (χ0) is 8.44. The Balaban J connectivity index is 2.28. The number of hydrogen-bond acceptors (Lipinski definition) is 2. The van der Waals surface area contributed by atoms with Crippen molar-refractivity contribution in [2.24, 2.45) is 5.73 Å². The summed E-state index contributed by atoms with van der Waals surface area (Å²) in [6.07, 6.45) is 5.29. The quantitative estimate of drug-likeness (QED) is 0.745. The van der Waals surface area contributed by atoms with Gasteiger partial charge < -0.3 is 5.73 Å². The lowest BCUT2D eigenvalue weighted by atomic mass is 9.81. The Morgan fingerprint density at radius 1 is 1.42 bits per heavy atom. The van der Waals surface area contributed by atoms with E-state index in [1.54, 1.807) is 11.3 Å². The molecular weight excluding hydrogens is 166 g/mol. The van der Waals surface area contributed by atoms with Crippen molar-refractivity contribution in [2.45, 2.75) is 31.1 Å². The molecule has 12 heavy (non-hydrogen) atoms. The molecule has 0 amide bonds. The van der Waals surface area contributed by atoms with Crippen LogP contribution in [0.1, 0.15) is 31.2 Å². The molecule has 1 heterocycles. The summed E-state index contributed by atoms with van der Waals surface area (Å²) >= 11 is 1.78. The topological polar surface area (TPSA) is 26.0 Å². The first-order chi connectivity index (χ1) is 5.87. The summed E-state index contributed by atoms with van der Waals surface area (Å²) in [5.41, 5.74) is 7.69. The van der Waals surface area contributed by atoms with Crippen LogP contribution < -0.4 is 5.73 Å². The second-order valence-corrected chi connectivity index (χ2v) is 4.48. The number of nitrogens with two attached hydrogens (primary N) is 1. The second kappa shape index (κ2) is 3.19. The Morgan fingerprint density at radius 3 is 2.67 bits per heavy atom. The van der Waals surface area contributed by atoms with Crippen LogP contribution in [-0.2, 0) is 5.41 Å². The molecule has 0 aliphatic heterocycles. The molecule has 0 unspecified atom stereocenters. The van der Waals surface area contributed by atoms with Crippen molar-refractivity contribution in [1.82, 2.24) is 0 Å². The smallest absolute Gasteiger partial charge is 0.00837 e. The summed E-state index contributed by atoms with van der Waals surface area (Å²) < 4.78 is 0. The highest BCUT2D eigenvalue weighted by Gasteiger charge is 2.34. The molecule has 0 saturated heterocycles. The Bertz CT molecular complexity index is 234. The van der Waals surface area contributed by atoms with E-state index >= 15 is 0 Å². The predicted molar refractivity (Wildman–Crippen MR) is 53.5 cm³/mol. The zero-order valence-electron chi connectivity index (χ0n) is 7.25. The van der Waals surface area contributed by atoms with E-state index in [9.17, 15) is 0 Å². The average Bonchev–Trinajstić information content (AvgIpc) is 2.76. The molecule has 0 aromatic carbocycles. The van der Waals surface area contributed by atoms with E-state index in [1.165, 1.54) is 31.2 Å². The van der Waals surface area contributed by atoms with Crippen LogP contribution in [0.25, 0.3) is 0 Å². The van der Waals surface area contributed by atoms with E-state index < -0.39 is 0 Å². The fourth-order valence-electron chi connectivity index (χ4n) is 2.23. The van der Waals surface area contributed by atoms with Crippen molar-refractivity contribution in [1.29, 1.82) is 0 Å². The van der Waals surface area contributed by atoms with Gasteiger partial charge in [-0.1, -0.05) is 12.8 Å². The van der Waals surface area contributed by atoms with Gasteiger partial charge in [-0.3, -0.25) is 0 Å². The van der Waals surface area contributed by atoms with Gasteiger partial charge in [0.15, 0.2) is 0 Å². The summed E-state index contributed by atoms with van der Waals surface area (Å²) in [6, 6.07) is 2.24. The number of hydrogen-bond donors (Lipinski definition) is 1. The summed E-state index contributed by atoms with van der Waals surface area (Å²) in [4.78, 5) is 0. The fraction of sp³-hybridized carbons (Fsp3) is 0.600. The van der Waals surface area contributed by atoms with E-state index in [4.69, 9.17) is 5.73 Å². The van der Waals surface area contributed by atoms with Crippen LogP contribution in [-0.4, -0.2) is 6.54 Å². The van der Waals surface area contributed by atoms with Crippen LogP contribution in [0.3, 0.4) is 0 Å². The SMILES string of the molecule is NCC1(c2ccsc2)CCCC1. The molecule has 1 aromatic rings. The molecule has 0 spiro atoms. The van der Waals surface area contributed by atoms with Crippen LogP contribution in [0.5, 0.6) is 0 Å². The largest absolute Gasteiger partial charge is 0.330 e. The minimum atomic E-state index is 0.347. The Hall–Kier alpha value is -0.340. The summed E-state index contributed by atoms with van der Waals surface area (Å²) in [7, 11) is 0. The third-order valence-electron chi connectivity index (χ3n) is 3.08. The van der Waals surface area contributed by atoms with Crippen molar-refractivity contribution >= 4 is 11.3 Å². The van der Waals surface area contributed by atoms with Gasteiger partial charge in [0.25, 0.3) is 0 Å². The van der Waals surface area contributed by atoms with Crippen LogP contribution in [0.15, 0.2) is 16.8 Å². The number of thiophene rings is 1. The highest BCUT2D eigenvalue weighted by Crippen LogP contribution is 2.40. The molecule has 0 radical (unpaired) electrons. The molecule has 1 fully saturated rings. The fourth-order valence-corrected chi connectivity index (χ4v) is 3.01. The maximum absolute atomic E-state index is 5.86. The van der Waals surface area contributed by atoms with E-state index in [-0.39, 0.29) is 0 Å². The van der Waals surface area contributed by atoms with Crippen molar-refractivity contribution in [3.8, 4) is 0 Å². The van der Waals surface area contributed by atoms with Crippen LogP contribution in [0.4, 0.5) is 0 Å². The van der Waals surface area contributed by atoms with Gasteiger partial charge in [-0.15, -0.1) is 0 Å². The molecule has 2 N–H and O–H groups in total. The normalized spacial score (nSPS) is 21.4. The highest BCUT2D eigenvalue weighted by molar-refractivity contribution is 7.08. The molecular formula is C10H15NS. The van der Waals surface area contributed by atoms with E-state index in [2.05, 4.69) is 16.8 Å². The van der Waals surface area contributed by atoms with Crippen LogP contribution in [0, 0.1) is 0 Å². The van der Waals surface area contributed by atoms with Gasteiger partial charge in [0.05, 0.1) is 0 Å². The van der Waals surface area contributed by atoms with Crippen molar-refractivity contribution in [2.75, 3.05) is 6.54 Å². The molecule has 1 aliphatic carbocycles. The van der Waals surface area contributed by atoms with Gasteiger partial charge in [-0.05, 0) is 35.2 Å². The van der Waals surface area contributed by atoms with E-state index in [0.717, 1.165) is 6.54 Å². The minimum absolute atomic E-state index is 0.347. The van der Waals surface area contributed by atoms with Gasteiger partial charge in [-0.2, -0.15) is 11.3 Å². The predicted octanol–water partition coefficient (Wildman–Crippen LogP) is 2.52. The molecule has 2 rings (SSSR count). The lowest BCUT2D eigenvalue weighted by molar-refractivity contribution is 0.454. The molecule has 1 aromatic heterocycles. The van der Waals surface area contributed by atoms with Crippen molar-refractivity contribution in [3.05, 3.63) is 22.4 Å². The third-order valence-corrected chi connectivity index (χ3v) is 3.77. The van der Waals surface area contributed by atoms with Gasteiger partial charge in [0.1, 0.15) is 0 Å². The molecule has 1 saturated carbocycles. The first-order valence-electron chi connectivity index (χ1n) is 4.60. The summed E-state index contributed by atoms with van der Waals surface area (Å²) in [6.45, 7) is 0.823. The standard InChI is InChI=1S/C10H15NS/c11-8-10(4-1-2-5-10)9-3-6-12-7-9/h3,6-7H,1-2,4-5,8,11H2. The van der Waals surface area contributed by atoms with Crippen LogP contribution >= 0.6 is 11.3 Å². The molecule has 1 nitrogen and oxygen atoms in total. The summed E-state index contributed by atoms with van der Waals surface area (Å²) in [5, 5.41) is 4.42. The zero-order valence-corrected chi connectivity index (χ0v) is 8.07. The maximum atomic E-state index is 5.86. The van der Waals surface area contributed by atoms with Crippen molar-refractivity contribution < 1.29 is 0 Å². The minimum Gasteiger partial charge on any atom is -0.330 e. The number of rotatable bonds is 2. The maximum Gasteiger partial charge on any atom is 0.00837 e. The van der Waals surface area contributed by atoms with Gasteiger partial charge >= 0.3 is 0 Å². The lowest BCUT2D eigenvalue weighted by Gasteiger charge is -2.26. The molecule has 66 valence electrons. The van der Waals surface area contributed by atoms with Gasteiger partial charge in [-0.25, -0.2) is 0 Å². The molecule has 0 bridgehead atoms. The first kappa shape index (κ1) is 8.27.